The van der Waals surface area contributed by atoms with Crippen LogP contribution in [0.15, 0.2) is 18.2 Å². The third-order valence-corrected chi connectivity index (χ3v) is 4.70. The zero-order valence-corrected chi connectivity index (χ0v) is 11.8. The average molecular weight is 250 g/mol. The van der Waals surface area contributed by atoms with E-state index in [-0.39, 0.29) is 6.04 Å². The molecule has 1 heterocycles. The Kier molecular flexibility index (Phi) is 4.13. The first kappa shape index (κ1) is 12.9. The van der Waals surface area contributed by atoms with Crippen LogP contribution in [0.3, 0.4) is 0 Å². The molecule has 2 atom stereocenters. The van der Waals surface area contributed by atoms with E-state index in [1.807, 2.05) is 11.8 Å². The van der Waals surface area contributed by atoms with Crippen LogP contribution in [0.4, 0.5) is 0 Å². The van der Waals surface area contributed by atoms with Crippen molar-refractivity contribution in [3.05, 3.63) is 34.9 Å². The molecule has 0 aromatic heterocycles. The van der Waals surface area contributed by atoms with Crippen molar-refractivity contribution in [2.75, 3.05) is 25.1 Å². The second-order valence-electron chi connectivity index (χ2n) is 5.01. The summed E-state index contributed by atoms with van der Waals surface area (Å²) < 4.78 is 0. The Morgan fingerprint density at radius 3 is 2.88 bits per heavy atom. The van der Waals surface area contributed by atoms with Crippen molar-refractivity contribution in [2.24, 2.45) is 5.73 Å². The van der Waals surface area contributed by atoms with E-state index in [4.69, 9.17) is 5.73 Å². The minimum atomic E-state index is 0.132. The van der Waals surface area contributed by atoms with Crippen molar-refractivity contribution in [1.29, 1.82) is 0 Å². The molecule has 1 aliphatic heterocycles. The van der Waals surface area contributed by atoms with Crippen molar-refractivity contribution >= 4 is 11.8 Å². The molecule has 0 amide bonds. The molecule has 0 radical (unpaired) electrons. The molecule has 1 aromatic carbocycles. The first-order chi connectivity index (χ1) is 8.09. The van der Waals surface area contributed by atoms with Crippen LogP contribution in [0.1, 0.15) is 22.7 Å². The predicted molar refractivity (Wildman–Crippen MR) is 76.6 cm³/mol. The lowest BCUT2D eigenvalue weighted by Gasteiger charge is -2.36. The van der Waals surface area contributed by atoms with E-state index in [0.29, 0.717) is 6.04 Å². The SMILES string of the molecule is Cc1ccc(C)c(C(N)C2CSCCN2C)c1. The lowest BCUT2D eigenvalue weighted by Crippen LogP contribution is -2.46. The summed E-state index contributed by atoms with van der Waals surface area (Å²) in [5.41, 5.74) is 10.4. The molecule has 1 fully saturated rings. The van der Waals surface area contributed by atoms with Crippen molar-refractivity contribution in [3.8, 4) is 0 Å². The Balaban J connectivity index is 2.23. The molecule has 0 aliphatic carbocycles. The lowest BCUT2D eigenvalue weighted by molar-refractivity contribution is 0.237. The molecule has 2 N–H and O–H groups in total. The smallest absolute Gasteiger partial charge is 0.0463 e. The topological polar surface area (TPSA) is 29.3 Å². The Bertz CT molecular complexity index is 392. The highest BCUT2D eigenvalue weighted by Crippen LogP contribution is 2.27. The van der Waals surface area contributed by atoms with Crippen molar-refractivity contribution in [1.82, 2.24) is 4.90 Å². The van der Waals surface area contributed by atoms with Gasteiger partial charge in [0.05, 0.1) is 0 Å². The van der Waals surface area contributed by atoms with E-state index in [0.717, 1.165) is 12.3 Å². The van der Waals surface area contributed by atoms with Crippen LogP contribution in [0.2, 0.25) is 0 Å². The van der Waals surface area contributed by atoms with Crippen molar-refractivity contribution in [2.45, 2.75) is 25.9 Å². The molecule has 2 rings (SSSR count). The fraction of sp³-hybridized carbons (Fsp3) is 0.571. The van der Waals surface area contributed by atoms with Gasteiger partial charge in [-0.15, -0.1) is 0 Å². The van der Waals surface area contributed by atoms with Crippen LogP contribution in [-0.4, -0.2) is 36.0 Å². The number of hydrogen-bond acceptors (Lipinski definition) is 3. The van der Waals surface area contributed by atoms with Crippen molar-refractivity contribution in [3.63, 3.8) is 0 Å². The molecule has 1 saturated heterocycles. The Morgan fingerprint density at radius 1 is 1.41 bits per heavy atom. The van der Waals surface area contributed by atoms with Crippen LogP contribution in [-0.2, 0) is 0 Å². The van der Waals surface area contributed by atoms with Crippen LogP contribution in [0.25, 0.3) is 0 Å². The summed E-state index contributed by atoms with van der Waals surface area (Å²) >= 11 is 2.02. The fourth-order valence-corrected chi connectivity index (χ4v) is 3.70. The molecule has 0 bridgehead atoms. The van der Waals surface area contributed by atoms with Crippen LogP contribution in [0.5, 0.6) is 0 Å². The third kappa shape index (κ3) is 2.84. The van der Waals surface area contributed by atoms with E-state index in [2.05, 4.69) is 44.0 Å². The number of nitrogens with zero attached hydrogens (tertiary/aromatic N) is 1. The number of benzene rings is 1. The monoisotopic (exact) mass is 250 g/mol. The highest BCUT2D eigenvalue weighted by atomic mass is 32.2. The van der Waals surface area contributed by atoms with Crippen LogP contribution in [0, 0.1) is 13.8 Å². The lowest BCUT2D eigenvalue weighted by atomic mass is 9.94. The highest BCUT2D eigenvalue weighted by Gasteiger charge is 2.27. The van der Waals surface area contributed by atoms with Gasteiger partial charge in [-0.25, -0.2) is 0 Å². The van der Waals surface area contributed by atoms with E-state index in [1.54, 1.807) is 0 Å². The Morgan fingerprint density at radius 2 is 2.18 bits per heavy atom. The second kappa shape index (κ2) is 5.42. The first-order valence-electron chi connectivity index (χ1n) is 6.20. The average Bonchev–Trinajstić information content (AvgIpc) is 2.32. The molecule has 0 spiro atoms. The largest absolute Gasteiger partial charge is 0.323 e. The highest BCUT2D eigenvalue weighted by molar-refractivity contribution is 7.99. The van der Waals surface area contributed by atoms with Crippen molar-refractivity contribution < 1.29 is 0 Å². The quantitative estimate of drug-likeness (QED) is 0.873. The molecule has 1 aromatic rings. The van der Waals surface area contributed by atoms with Gasteiger partial charge >= 0.3 is 0 Å². The van der Waals surface area contributed by atoms with E-state index in [1.165, 1.54) is 22.4 Å². The fourth-order valence-electron chi connectivity index (χ4n) is 2.41. The molecular weight excluding hydrogens is 228 g/mol. The number of hydrogen-bond donors (Lipinski definition) is 1. The van der Waals surface area contributed by atoms with Gasteiger partial charge in [-0.2, -0.15) is 11.8 Å². The molecule has 1 aliphatic rings. The van der Waals surface area contributed by atoms with Gasteiger partial charge in [-0.1, -0.05) is 23.8 Å². The Hall–Kier alpha value is -0.510. The molecule has 2 unspecified atom stereocenters. The normalized spacial score (nSPS) is 23.6. The van der Waals surface area contributed by atoms with Crippen LogP contribution < -0.4 is 5.73 Å². The van der Waals surface area contributed by atoms with Gasteiger partial charge in [0.25, 0.3) is 0 Å². The van der Waals surface area contributed by atoms with Gasteiger partial charge in [0, 0.05) is 30.1 Å². The molecule has 3 heteroatoms. The summed E-state index contributed by atoms with van der Waals surface area (Å²) in [7, 11) is 2.19. The maximum atomic E-state index is 6.47. The third-order valence-electron chi connectivity index (χ3n) is 3.65. The minimum Gasteiger partial charge on any atom is -0.323 e. The second-order valence-corrected chi connectivity index (χ2v) is 6.16. The summed E-state index contributed by atoms with van der Waals surface area (Å²) in [6.45, 7) is 5.44. The predicted octanol–water partition coefficient (Wildman–Crippen LogP) is 2.35. The summed E-state index contributed by atoms with van der Waals surface area (Å²) in [6.07, 6.45) is 0. The molecule has 0 saturated carbocycles. The number of nitrogens with two attached hydrogens (primary N) is 1. The first-order valence-corrected chi connectivity index (χ1v) is 7.36. The zero-order valence-electron chi connectivity index (χ0n) is 10.9. The number of likely N-dealkylation sites (N-methyl/N-ethyl adjacent to an activating group) is 1. The number of thioether (sulfide) groups is 1. The van der Waals surface area contributed by atoms with Gasteiger partial charge in [-0.05, 0) is 32.0 Å². The molecule has 2 nitrogen and oxygen atoms in total. The molecule has 94 valence electrons. The summed E-state index contributed by atoms with van der Waals surface area (Å²) in [6, 6.07) is 7.18. The summed E-state index contributed by atoms with van der Waals surface area (Å²) in [4.78, 5) is 2.41. The van der Waals surface area contributed by atoms with Gasteiger partial charge < -0.3 is 5.73 Å². The standard InChI is InChI=1S/C14H22N2S/c1-10-4-5-11(2)12(8-10)14(15)13-9-17-7-6-16(13)3/h4-5,8,13-14H,6-7,9,15H2,1-3H3. The van der Waals surface area contributed by atoms with E-state index >= 15 is 0 Å². The maximum Gasteiger partial charge on any atom is 0.0463 e. The van der Waals surface area contributed by atoms with Crippen LogP contribution >= 0.6 is 11.8 Å². The molecule has 17 heavy (non-hydrogen) atoms. The number of aryl methyl sites for hydroxylation is 2. The summed E-state index contributed by atoms with van der Waals surface area (Å²) in [5, 5.41) is 0. The maximum absolute atomic E-state index is 6.47. The zero-order chi connectivity index (χ0) is 12.4. The van der Waals surface area contributed by atoms with E-state index < -0.39 is 0 Å². The minimum absolute atomic E-state index is 0.132. The summed E-state index contributed by atoms with van der Waals surface area (Å²) in [5.74, 6) is 2.37. The van der Waals surface area contributed by atoms with Gasteiger partial charge in [0.1, 0.15) is 0 Å². The molecular formula is C14H22N2S. The van der Waals surface area contributed by atoms with Gasteiger partial charge in [0.2, 0.25) is 0 Å². The van der Waals surface area contributed by atoms with Gasteiger partial charge in [-0.3, -0.25) is 4.90 Å². The number of rotatable bonds is 2. The van der Waals surface area contributed by atoms with Gasteiger partial charge in [0.15, 0.2) is 0 Å². The van der Waals surface area contributed by atoms with E-state index in [9.17, 15) is 0 Å². The Labute approximate surface area is 109 Å².